The van der Waals surface area contributed by atoms with Crippen LogP contribution in [-0.4, -0.2) is 39.0 Å². The molecule has 0 amide bonds. The molecule has 1 radical (unpaired) electrons. The number of carboxylic acids is 1. The van der Waals surface area contributed by atoms with Gasteiger partial charge in [0, 0.05) is 18.8 Å². The van der Waals surface area contributed by atoms with Crippen molar-refractivity contribution in [2.75, 3.05) is 0 Å². The number of hydrogen-bond donors (Lipinski definition) is 4. The van der Waals surface area contributed by atoms with Crippen LogP contribution in [0.1, 0.15) is 13.3 Å². The van der Waals surface area contributed by atoms with E-state index in [1.165, 1.54) is 0 Å². The maximum Gasteiger partial charge on any atom is 0.482 e. The van der Waals surface area contributed by atoms with Crippen LogP contribution >= 0.6 is 0 Å². The van der Waals surface area contributed by atoms with E-state index in [1.807, 2.05) is 6.07 Å². The van der Waals surface area contributed by atoms with E-state index in [9.17, 15) is 4.79 Å². The zero-order valence-electron chi connectivity index (χ0n) is 7.21. The number of carbonyl (C=O) groups is 1. The van der Waals surface area contributed by atoms with Crippen molar-refractivity contribution in [1.29, 1.82) is 0 Å². The fourth-order valence-corrected chi connectivity index (χ4v) is 0.215. The lowest BCUT2D eigenvalue weighted by molar-refractivity contribution is -0.136. The minimum Gasteiger partial charge on any atom is -0.481 e. The summed E-state index contributed by atoms with van der Waals surface area (Å²) in [6.07, 6.45) is 3.68. The summed E-state index contributed by atoms with van der Waals surface area (Å²) in [6, 6.07) is 1.83. The first-order valence-electron chi connectivity index (χ1n) is 3.44. The molecule has 4 N–H and O–H groups in total. The van der Waals surface area contributed by atoms with E-state index < -0.39 is 5.97 Å². The molecule has 1 aromatic heterocycles. The van der Waals surface area contributed by atoms with Gasteiger partial charge in [-0.3, -0.25) is 9.89 Å². The molecule has 0 aromatic carbocycles. The van der Waals surface area contributed by atoms with E-state index in [1.54, 1.807) is 19.3 Å². The first-order valence-corrected chi connectivity index (χ1v) is 3.44. The smallest absolute Gasteiger partial charge is 0.481 e. The van der Waals surface area contributed by atoms with Crippen molar-refractivity contribution in [1.82, 2.24) is 10.2 Å². The summed E-state index contributed by atoms with van der Waals surface area (Å²) in [5.74, 6) is -0.745. The fraction of sp³-hybridized carbons (Fsp3) is 0.333. The van der Waals surface area contributed by atoms with E-state index in [4.69, 9.17) is 15.2 Å². The molecule has 1 rings (SSSR count). The van der Waals surface area contributed by atoms with Gasteiger partial charge in [-0.05, 0) is 6.07 Å². The minimum absolute atomic E-state index is 0. The molecule has 7 heteroatoms. The maximum atomic E-state index is 9.37. The van der Waals surface area contributed by atoms with Gasteiger partial charge in [-0.1, -0.05) is 6.92 Å². The normalized spacial score (nSPS) is 7.00. The van der Waals surface area contributed by atoms with Gasteiger partial charge >= 0.3 is 13.7 Å². The van der Waals surface area contributed by atoms with Crippen LogP contribution < -0.4 is 0 Å². The van der Waals surface area contributed by atoms with Gasteiger partial charge in [0.05, 0.1) is 0 Å². The number of hydrogen-bond acceptors (Lipinski definition) is 4. The van der Waals surface area contributed by atoms with E-state index in [-0.39, 0.29) is 14.1 Å². The average Bonchev–Trinajstić information content (AvgIpc) is 2.62. The van der Waals surface area contributed by atoms with Gasteiger partial charge in [0.1, 0.15) is 0 Å². The predicted octanol–water partition coefficient (Wildman–Crippen LogP) is -0.604. The number of aromatic nitrogens is 2. The topological polar surface area (TPSA) is 106 Å². The summed E-state index contributed by atoms with van der Waals surface area (Å²) < 4.78 is 0. The Balaban J connectivity index is 0. The molecule has 0 unspecified atom stereocenters. The fourth-order valence-electron chi connectivity index (χ4n) is 0.215. The number of nitrogens with one attached hydrogen (secondary N) is 1. The first kappa shape index (κ1) is 14.2. The summed E-state index contributed by atoms with van der Waals surface area (Å²) in [6.45, 7) is 1.60. The Kier molecular flexibility index (Phi) is 14.5. The Labute approximate surface area is 76.5 Å². The van der Waals surface area contributed by atoms with Gasteiger partial charge in [-0.2, -0.15) is 5.10 Å². The highest BCUT2D eigenvalue weighted by Gasteiger charge is 1.80. The molecule has 0 saturated heterocycles. The number of rotatable bonds is 1. The molecular weight excluding hydrogens is 175 g/mol. The Morgan fingerprint density at radius 2 is 2.08 bits per heavy atom. The first-order chi connectivity index (χ1) is 6.18. The van der Waals surface area contributed by atoms with Crippen LogP contribution in [-0.2, 0) is 4.79 Å². The van der Waals surface area contributed by atoms with Crippen LogP contribution in [0.25, 0.3) is 0 Å². The second-order valence-corrected chi connectivity index (χ2v) is 1.63. The van der Waals surface area contributed by atoms with Crippen molar-refractivity contribution in [3.63, 3.8) is 0 Å². The summed E-state index contributed by atoms with van der Waals surface area (Å²) in [7, 11) is 0. The van der Waals surface area contributed by atoms with E-state index in [2.05, 4.69) is 10.2 Å². The molecule has 1 heterocycles. The van der Waals surface area contributed by atoms with Crippen LogP contribution in [0.5, 0.6) is 0 Å². The molecule has 0 fully saturated rings. The Hall–Kier alpha value is -1.34. The molecule has 0 spiro atoms. The van der Waals surface area contributed by atoms with Crippen molar-refractivity contribution in [3.05, 3.63) is 18.5 Å². The largest absolute Gasteiger partial charge is 0.482 e. The maximum absolute atomic E-state index is 9.37. The van der Waals surface area contributed by atoms with Gasteiger partial charge in [-0.25, -0.2) is 0 Å². The lowest BCUT2D eigenvalue weighted by Crippen LogP contribution is -1.86. The number of nitrogens with zero attached hydrogens (tertiary/aromatic N) is 1. The molecular formula is C6H12BN2O4. The van der Waals surface area contributed by atoms with Crippen molar-refractivity contribution in [2.45, 2.75) is 13.3 Å². The quantitative estimate of drug-likeness (QED) is 0.439. The monoisotopic (exact) mass is 187 g/mol. The standard InChI is InChI=1S/C3H4N2.C3H6O2.BH2O2/c1-2-4-5-3-1;1-2-3(4)5;2-1-3/h1-3H,(H,4,5);2H2,1H3,(H,4,5);2-3H. The van der Waals surface area contributed by atoms with Gasteiger partial charge in [0.2, 0.25) is 0 Å². The minimum atomic E-state index is -0.745. The van der Waals surface area contributed by atoms with Crippen molar-refractivity contribution in [3.8, 4) is 0 Å². The molecule has 0 aliphatic heterocycles. The van der Waals surface area contributed by atoms with Crippen molar-refractivity contribution < 1.29 is 19.9 Å². The highest BCUT2D eigenvalue weighted by Crippen LogP contribution is 1.67. The second-order valence-electron chi connectivity index (χ2n) is 1.63. The highest BCUT2D eigenvalue weighted by molar-refractivity contribution is 6.13. The molecule has 0 aliphatic rings. The second kappa shape index (κ2) is 13.3. The predicted molar refractivity (Wildman–Crippen MR) is 46.7 cm³/mol. The van der Waals surface area contributed by atoms with Gasteiger partial charge in [0.25, 0.3) is 0 Å². The highest BCUT2D eigenvalue weighted by atomic mass is 16.4. The third-order valence-electron chi connectivity index (χ3n) is 0.708. The Bertz CT molecular complexity index is 164. The summed E-state index contributed by atoms with van der Waals surface area (Å²) >= 11 is 0. The van der Waals surface area contributed by atoms with Crippen LogP contribution in [0.15, 0.2) is 18.5 Å². The molecule has 0 atom stereocenters. The number of carboxylic acid groups (broad SMARTS) is 1. The number of H-pyrrole nitrogens is 1. The van der Waals surface area contributed by atoms with Gasteiger partial charge in [-0.15, -0.1) is 0 Å². The van der Waals surface area contributed by atoms with Gasteiger partial charge < -0.3 is 15.2 Å². The SMILES string of the molecule is CCC(=O)O.O[B]O.c1cn[nH]c1. The van der Waals surface area contributed by atoms with E-state index in [0.717, 1.165) is 0 Å². The summed E-state index contributed by atoms with van der Waals surface area (Å²) in [5.41, 5.74) is 0. The molecule has 6 nitrogen and oxygen atoms in total. The molecule has 0 bridgehead atoms. The van der Waals surface area contributed by atoms with E-state index in [0.29, 0.717) is 0 Å². The third-order valence-corrected chi connectivity index (χ3v) is 0.708. The van der Waals surface area contributed by atoms with Gasteiger partial charge in [0.15, 0.2) is 0 Å². The van der Waals surface area contributed by atoms with Crippen molar-refractivity contribution in [2.24, 2.45) is 0 Å². The molecule has 0 aliphatic carbocycles. The lowest BCUT2D eigenvalue weighted by Gasteiger charge is -1.71. The number of aliphatic carboxylic acids is 1. The molecule has 0 saturated carbocycles. The Morgan fingerprint density at radius 1 is 1.62 bits per heavy atom. The van der Waals surface area contributed by atoms with Crippen molar-refractivity contribution >= 4 is 13.7 Å². The number of aromatic amines is 1. The third kappa shape index (κ3) is 25.0. The van der Waals surface area contributed by atoms with Crippen LogP contribution in [0, 0.1) is 0 Å². The zero-order chi connectivity index (χ0) is 10.5. The molecule has 73 valence electrons. The van der Waals surface area contributed by atoms with Crippen LogP contribution in [0.4, 0.5) is 0 Å². The Morgan fingerprint density at radius 3 is 2.15 bits per heavy atom. The zero-order valence-corrected chi connectivity index (χ0v) is 7.21. The summed E-state index contributed by atoms with van der Waals surface area (Å²) in [5, 5.41) is 27.9. The average molecular weight is 187 g/mol. The summed E-state index contributed by atoms with van der Waals surface area (Å²) in [4.78, 5) is 9.37. The van der Waals surface area contributed by atoms with E-state index >= 15 is 0 Å². The lowest BCUT2D eigenvalue weighted by atomic mass is 10.5. The van der Waals surface area contributed by atoms with Crippen LogP contribution in [0.3, 0.4) is 0 Å². The molecule has 1 aromatic rings. The molecule has 13 heavy (non-hydrogen) atoms. The van der Waals surface area contributed by atoms with Crippen LogP contribution in [0.2, 0.25) is 0 Å².